The summed E-state index contributed by atoms with van der Waals surface area (Å²) in [5.41, 5.74) is 9.95. The largest absolute Gasteiger partial charge is 0.374 e. The molecule has 2 aromatic heterocycles. The molecule has 6 N–H and O–H groups in total. The second-order valence-corrected chi connectivity index (χ2v) is 13.6. The summed E-state index contributed by atoms with van der Waals surface area (Å²) in [6.07, 6.45) is 7.77. The van der Waals surface area contributed by atoms with Gasteiger partial charge in [0.05, 0.1) is 22.2 Å². The lowest BCUT2D eigenvalue weighted by Gasteiger charge is -2.31. The van der Waals surface area contributed by atoms with Gasteiger partial charge in [0.25, 0.3) is 0 Å². The van der Waals surface area contributed by atoms with Gasteiger partial charge in [0.15, 0.2) is 5.82 Å². The molecule has 1 aliphatic heterocycles. The van der Waals surface area contributed by atoms with E-state index in [1.807, 2.05) is 36.0 Å². The normalized spacial score (nSPS) is 19.3. The van der Waals surface area contributed by atoms with Gasteiger partial charge in [-0.05, 0) is 92.8 Å². The number of rotatable bonds is 11. The number of hydrogen-bond acceptors (Lipinski definition) is 6. The number of aryl methyl sites for hydroxylation is 1. The van der Waals surface area contributed by atoms with Crippen molar-refractivity contribution in [2.75, 3.05) is 18.1 Å². The molecule has 2 aromatic carbocycles. The van der Waals surface area contributed by atoms with Crippen LogP contribution in [0.2, 0.25) is 5.02 Å². The second kappa shape index (κ2) is 13.4. The molecule has 6 rings (SSSR count). The highest BCUT2D eigenvalue weighted by atomic mass is 35.5. The number of amidine groups is 1. The van der Waals surface area contributed by atoms with Gasteiger partial charge in [0.1, 0.15) is 5.65 Å². The lowest BCUT2D eigenvalue weighted by atomic mass is 10.00. The van der Waals surface area contributed by atoms with E-state index in [2.05, 4.69) is 32.7 Å². The van der Waals surface area contributed by atoms with Crippen LogP contribution in [0.4, 0.5) is 4.39 Å². The Hall–Kier alpha value is -3.18. The van der Waals surface area contributed by atoms with Gasteiger partial charge in [-0.15, -0.1) is 0 Å². The van der Waals surface area contributed by atoms with E-state index >= 15 is 4.39 Å². The summed E-state index contributed by atoms with van der Waals surface area (Å²) in [6.45, 7) is 2.53. The number of nitrogens with zero attached hydrogens (tertiary/aromatic N) is 2. The molecular weight excluding hydrogens is 597 g/mol. The molecule has 1 saturated heterocycles. The number of aromatic amines is 1. The fraction of sp³-hybridized carbons (Fsp3) is 0.424. The topological polar surface area (TPSA) is 125 Å². The Kier molecular flexibility index (Phi) is 9.42. The number of hydrogen-bond donors (Lipinski definition) is 5. The predicted molar refractivity (Wildman–Crippen MR) is 179 cm³/mol. The van der Waals surface area contributed by atoms with Crippen molar-refractivity contribution in [3.63, 3.8) is 0 Å². The minimum absolute atomic E-state index is 0.0746. The van der Waals surface area contributed by atoms with Gasteiger partial charge in [-0.3, -0.25) is 9.98 Å². The third kappa shape index (κ3) is 7.20. The van der Waals surface area contributed by atoms with E-state index in [9.17, 15) is 4.79 Å². The van der Waals surface area contributed by atoms with Crippen LogP contribution in [0.15, 0.2) is 53.5 Å². The molecule has 1 aliphatic carbocycles. The van der Waals surface area contributed by atoms with Crippen molar-refractivity contribution >= 4 is 40.2 Å². The van der Waals surface area contributed by atoms with Gasteiger partial charge in [-0.25, -0.2) is 9.18 Å². The number of halogens is 2. The van der Waals surface area contributed by atoms with Gasteiger partial charge >= 0.3 is 5.69 Å². The molecule has 0 unspecified atom stereocenters. The number of aromatic nitrogens is 3. The zero-order valence-corrected chi connectivity index (χ0v) is 26.4. The maximum absolute atomic E-state index is 15.2. The van der Waals surface area contributed by atoms with Crippen LogP contribution in [0, 0.1) is 17.1 Å². The van der Waals surface area contributed by atoms with E-state index in [0.29, 0.717) is 45.8 Å². The third-order valence-electron chi connectivity index (χ3n) is 8.61. The maximum atomic E-state index is 15.2. The molecule has 8 nitrogen and oxygen atoms in total. The van der Waals surface area contributed by atoms with Gasteiger partial charge in [-0.2, -0.15) is 16.7 Å². The van der Waals surface area contributed by atoms with Crippen molar-refractivity contribution in [1.82, 2.24) is 25.2 Å². The van der Waals surface area contributed by atoms with Gasteiger partial charge in [0, 0.05) is 53.3 Å². The first-order valence-electron chi connectivity index (χ1n) is 15.3. The summed E-state index contributed by atoms with van der Waals surface area (Å²) in [4.78, 5) is 20.5. The minimum Gasteiger partial charge on any atom is -0.374 e. The van der Waals surface area contributed by atoms with E-state index in [1.165, 1.54) is 17.4 Å². The first-order valence-corrected chi connectivity index (χ1v) is 16.9. The molecule has 1 saturated carbocycles. The van der Waals surface area contributed by atoms with Crippen molar-refractivity contribution in [2.24, 2.45) is 11.7 Å². The van der Waals surface area contributed by atoms with E-state index < -0.39 is 11.5 Å². The summed E-state index contributed by atoms with van der Waals surface area (Å²) >= 11 is 8.24. The quantitative estimate of drug-likeness (QED) is 0.102. The SMILES string of the molecule is CC(=N)NCC[C@@H]1CSC[C@@H](c2ccc(-n3cc4cc(-c5cc(CCC[C@@H](N)C6CC6)cc(Cl)c5F)[nH]c4nc3=O)cc2)N1. The zero-order chi connectivity index (χ0) is 30.8. The average molecular weight is 636 g/mol. The van der Waals surface area contributed by atoms with Crippen LogP contribution in [-0.4, -0.2) is 50.5 Å². The van der Waals surface area contributed by atoms with Gasteiger partial charge < -0.3 is 21.4 Å². The van der Waals surface area contributed by atoms with Crippen LogP contribution in [0.5, 0.6) is 0 Å². The predicted octanol–water partition coefficient (Wildman–Crippen LogP) is 5.96. The first kappa shape index (κ1) is 30.8. The molecule has 0 radical (unpaired) electrons. The number of nitrogens with one attached hydrogen (secondary N) is 4. The Morgan fingerprint density at radius 3 is 2.80 bits per heavy atom. The summed E-state index contributed by atoms with van der Waals surface area (Å²) in [5.74, 6) is 2.66. The molecule has 232 valence electrons. The molecule has 3 atom stereocenters. The summed E-state index contributed by atoms with van der Waals surface area (Å²) < 4.78 is 16.7. The average Bonchev–Trinajstić information content (AvgIpc) is 3.78. The Morgan fingerprint density at radius 2 is 2.05 bits per heavy atom. The lowest BCUT2D eigenvalue weighted by Crippen LogP contribution is -2.42. The molecule has 2 fully saturated rings. The van der Waals surface area contributed by atoms with Crippen molar-refractivity contribution in [3.8, 4) is 16.9 Å². The van der Waals surface area contributed by atoms with E-state index in [0.717, 1.165) is 54.9 Å². The van der Waals surface area contributed by atoms with Gasteiger partial charge in [-0.1, -0.05) is 23.7 Å². The molecule has 4 aromatic rings. The van der Waals surface area contributed by atoms with E-state index in [4.69, 9.17) is 22.7 Å². The Bertz CT molecular complexity index is 1700. The maximum Gasteiger partial charge on any atom is 0.354 e. The van der Waals surface area contributed by atoms with Crippen molar-refractivity contribution in [1.29, 1.82) is 5.41 Å². The fourth-order valence-electron chi connectivity index (χ4n) is 5.98. The summed E-state index contributed by atoms with van der Waals surface area (Å²) in [7, 11) is 0. The van der Waals surface area contributed by atoms with Gasteiger partial charge in [0.2, 0.25) is 0 Å². The number of benzene rings is 2. The number of thioether (sulfide) groups is 1. The molecule has 2 aliphatic rings. The highest BCUT2D eigenvalue weighted by Crippen LogP contribution is 2.34. The summed E-state index contributed by atoms with van der Waals surface area (Å²) in [5, 5.41) is 15.1. The fourth-order valence-corrected chi connectivity index (χ4v) is 7.43. The van der Waals surface area contributed by atoms with Crippen molar-refractivity contribution in [2.45, 2.75) is 63.6 Å². The number of fused-ring (bicyclic) bond motifs is 1. The van der Waals surface area contributed by atoms with Crippen LogP contribution in [0.25, 0.3) is 28.0 Å². The van der Waals surface area contributed by atoms with Crippen LogP contribution in [-0.2, 0) is 6.42 Å². The Balaban J connectivity index is 1.18. The van der Waals surface area contributed by atoms with Crippen LogP contribution >= 0.6 is 23.4 Å². The molecule has 11 heteroatoms. The van der Waals surface area contributed by atoms with E-state index in [-0.39, 0.29) is 17.1 Å². The lowest BCUT2D eigenvalue weighted by molar-refractivity contribution is 0.452. The Morgan fingerprint density at radius 1 is 1.25 bits per heavy atom. The molecule has 3 heterocycles. The molecule has 0 bridgehead atoms. The minimum atomic E-state index is -0.500. The Labute approximate surface area is 265 Å². The smallest absolute Gasteiger partial charge is 0.354 e. The number of nitrogens with two attached hydrogens (primary N) is 1. The van der Waals surface area contributed by atoms with Crippen LogP contribution < -0.4 is 22.1 Å². The molecule has 0 spiro atoms. The number of H-pyrrole nitrogens is 1. The van der Waals surface area contributed by atoms with Crippen molar-refractivity contribution < 1.29 is 4.39 Å². The monoisotopic (exact) mass is 635 g/mol. The highest BCUT2D eigenvalue weighted by molar-refractivity contribution is 7.99. The molecule has 44 heavy (non-hydrogen) atoms. The first-order chi connectivity index (χ1) is 21.2. The second-order valence-electron chi connectivity index (χ2n) is 12.1. The van der Waals surface area contributed by atoms with Crippen molar-refractivity contribution in [3.05, 3.63) is 81.1 Å². The third-order valence-corrected chi connectivity index (χ3v) is 10.1. The molecule has 0 amide bonds. The van der Waals surface area contributed by atoms with Crippen LogP contribution in [0.1, 0.15) is 56.2 Å². The standard InChI is InChI=1S/C33H39ClFN7OS/c1-19(36)38-12-11-24-17-44-18-30(39-24)22-7-9-25(10-8-22)42-16-23-15-29(40-32(23)41-33(42)43)26-13-20(14-27(34)31(26)35)3-2-4-28(37)21-5-6-21/h7-10,13-16,21,24,28,30,39H,2-6,11-12,17-18,37H2,1H3,(H2,36,38)(H,40,41,43)/t24-,28-,30+/m1/s1. The summed E-state index contributed by atoms with van der Waals surface area (Å²) in [6, 6.07) is 14.1. The highest BCUT2D eigenvalue weighted by Gasteiger charge is 2.28. The zero-order valence-electron chi connectivity index (χ0n) is 24.8. The van der Waals surface area contributed by atoms with Crippen LogP contribution in [0.3, 0.4) is 0 Å². The van der Waals surface area contributed by atoms with E-state index in [1.54, 1.807) is 19.2 Å². The molecular formula is C33H39ClFN7OS.